The van der Waals surface area contributed by atoms with Crippen molar-refractivity contribution in [1.29, 1.82) is 0 Å². The number of para-hydroxylation sites is 2. The van der Waals surface area contributed by atoms with E-state index in [1.165, 1.54) is 0 Å². The molecule has 1 aromatic carbocycles. The highest BCUT2D eigenvalue weighted by molar-refractivity contribution is 5.87. The van der Waals surface area contributed by atoms with E-state index < -0.39 is 5.41 Å². The average molecular weight is 421 g/mol. The fraction of sp³-hybridized carbons (Fsp3) is 0.500. The Balaban J connectivity index is 1.53. The van der Waals surface area contributed by atoms with Gasteiger partial charge >= 0.3 is 0 Å². The largest absolute Gasteiger partial charge is 0.342 e. The number of H-pyrrole nitrogens is 1. The molecule has 7 nitrogen and oxygen atoms in total. The maximum Gasteiger partial charge on any atom is 0.246 e. The molecule has 1 aliphatic carbocycles. The molecule has 4 rings (SSSR count). The van der Waals surface area contributed by atoms with E-state index >= 15 is 0 Å². The zero-order valence-corrected chi connectivity index (χ0v) is 19.3. The smallest absolute Gasteiger partial charge is 0.246 e. The Labute approximate surface area is 183 Å². The number of benzene rings is 1. The molecule has 0 aliphatic heterocycles. The predicted octanol–water partition coefficient (Wildman–Crippen LogP) is 4.46. The molecule has 1 amide bonds. The number of nitrogens with zero attached hydrogens (tertiary/aromatic N) is 4. The molecule has 0 radical (unpaired) electrons. The normalized spacial score (nSPS) is 23.1. The van der Waals surface area contributed by atoms with Crippen LogP contribution in [0.3, 0.4) is 0 Å². The SMILES string of the molecule is CCn1nc(C)c(C=NNC(=O)C2(C)CCC(c3nc4ccccc4[nH]3)C2(C)C)c1C. The van der Waals surface area contributed by atoms with Gasteiger partial charge in [-0.05, 0) is 51.2 Å². The lowest BCUT2D eigenvalue weighted by Crippen LogP contribution is -2.45. The predicted molar refractivity (Wildman–Crippen MR) is 123 cm³/mol. The molecule has 1 fully saturated rings. The number of imidazole rings is 1. The van der Waals surface area contributed by atoms with Crippen LogP contribution in [0.1, 0.15) is 69.2 Å². The van der Waals surface area contributed by atoms with Crippen molar-refractivity contribution in [2.24, 2.45) is 15.9 Å². The second kappa shape index (κ2) is 7.62. The standard InChI is InChI=1S/C24H32N6O/c1-7-30-16(3)17(15(2)29-30)14-25-28-22(31)24(6)13-12-18(23(24,4)5)21-26-19-10-8-9-11-20(19)27-21/h8-11,14,18H,7,12-13H2,1-6H3,(H,26,27)(H,28,31). The van der Waals surface area contributed by atoms with Gasteiger partial charge in [-0.25, -0.2) is 10.4 Å². The third-order valence-electron chi connectivity index (χ3n) is 7.56. The van der Waals surface area contributed by atoms with Gasteiger partial charge in [-0.3, -0.25) is 9.48 Å². The summed E-state index contributed by atoms with van der Waals surface area (Å²) in [4.78, 5) is 21.6. The van der Waals surface area contributed by atoms with Crippen molar-refractivity contribution in [2.75, 3.05) is 0 Å². The molecular formula is C24H32N6O. The van der Waals surface area contributed by atoms with Crippen molar-refractivity contribution in [2.45, 2.75) is 66.8 Å². The zero-order chi connectivity index (χ0) is 22.4. The second-order valence-electron chi connectivity index (χ2n) is 9.38. The number of aromatic nitrogens is 4. The highest BCUT2D eigenvalue weighted by atomic mass is 16.2. The molecule has 164 valence electrons. The van der Waals surface area contributed by atoms with Gasteiger partial charge in [-0.1, -0.05) is 32.9 Å². The molecule has 2 unspecified atom stereocenters. The van der Waals surface area contributed by atoms with Gasteiger partial charge < -0.3 is 4.98 Å². The minimum absolute atomic E-state index is 0.0504. The number of hydrazone groups is 1. The van der Waals surface area contributed by atoms with Crippen LogP contribution in [0.2, 0.25) is 0 Å². The summed E-state index contributed by atoms with van der Waals surface area (Å²) < 4.78 is 1.94. The molecule has 3 aromatic rings. The van der Waals surface area contributed by atoms with E-state index in [1.807, 2.05) is 49.7 Å². The summed E-state index contributed by atoms with van der Waals surface area (Å²) in [5.41, 5.74) is 6.91. The Morgan fingerprint density at radius 2 is 2.06 bits per heavy atom. The molecule has 2 N–H and O–H groups in total. The fourth-order valence-corrected chi connectivity index (χ4v) is 5.01. The first-order valence-corrected chi connectivity index (χ1v) is 11.0. The molecule has 2 aromatic heterocycles. The molecular weight excluding hydrogens is 388 g/mol. The summed E-state index contributed by atoms with van der Waals surface area (Å²) in [5, 5.41) is 8.80. The van der Waals surface area contributed by atoms with Gasteiger partial charge in [0.15, 0.2) is 0 Å². The van der Waals surface area contributed by atoms with E-state index in [1.54, 1.807) is 6.21 Å². The van der Waals surface area contributed by atoms with Crippen LogP contribution in [0.4, 0.5) is 0 Å². The quantitative estimate of drug-likeness (QED) is 0.472. The van der Waals surface area contributed by atoms with Crippen LogP contribution >= 0.6 is 0 Å². The minimum atomic E-state index is -0.550. The Hall–Kier alpha value is -2.96. The maximum absolute atomic E-state index is 13.3. The molecule has 1 saturated carbocycles. The molecule has 2 heterocycles. The fourth-order valence-electron chi connectivity index (χ4n) is 5.01. The molecule has 7 heteroatoms. The minimum Gasteiger partial charge on any atom is -0.342 e. The first-order chi connectivity index (χ1) is 14.7. The number of nitrogens with one attached hydrogen (secondary N) is 2. The summed E-state index contributed by atoms with van der Waals surface area (Å²) >= 11 is 0. The number of aryl methyl sites for hydroxylation is 2. The molecule has 31 heavy (non-hydrogen) atoms. The van der Waals surface area contributed by atoms with Gasteiger partial charge in [-0.2, -0.15) is 10.2 Å². The number of fused-ring (bicyclic) bond motifs is 1. The van der Waals surface area contributed by atoms with E-state index in [0.29, 0.717) is 0 Å². The average Bonchev–Trinajstić information content (AvgIpc) is 3.35. The number of carbonyl (C=O) groups excluding carboxylic acids is 1. The summed E-state index contributed by atoms with van der Waals surface area (Å²) in [6, 6.07) is 8.06. The van der Waals surface area contributed by atoms with Crippen molar-refractivity contribution < 1.29 is 4.79 Å². The Kier molecular flexibility index (Phi) is 5.23. The second-order valence-corrected chi connectivity index (χ2v) is 9.38. The highest BCUT2D eigenvalue weighted by Crippen LogP contribution is 2.59. The zero-order valence-electron chi connectivity index (χ0n) is 19.3. The van der Waals surface area contributed by atoms with Gasteiger partial charge in [0.25, 0.3) is 0 Å². The van der Waals surface area contributed by atoms with E-state index in [0.717, 1.165) is 53.2 Å². The van der Waals surface area contributed by atoms with Gasteiger partial charge in [0.05, 0.1) is 28.4 Å². The highest BCUT2D eigenvalue weighted by Gasteiger charge is 2.57. The molecule has 0 saturated heterocycles. The molecule has 0 spiro atoms. The van der Waals surface area contributed by atoms with E-state index in [4.69, 9.17) is 4.98 Å². The van der Waals surface area contributed by atoms with Crippen LogP contribution in [-0.2, 0) is 11.3 Å². The number of aromatic amines is 1. The monoisotopic (exact) mass is 420 g/mol. The first-order valence-electron chi connectivity index (χ1n) is 11.0. The van der Waals surface area contributed by atoms with Crippen molar-refractivity contribution in [3.63, 3.8) is 0 Å². The van der Waals surface area contributed by atoms with Crippen LogP contribution in [0.15, 0.2) is 29.4 Å². The Morgan fingerprint density at radius 1 is 1.32 bits per heavy atom. The molecule has 2 atom stereocenters. The van der Waals surface area contributed by atoms with Gasteiger partial charge in [0.1, 0.15) is 5.82 Å². The number of carbonyl (C=O) groups is 1. The third kappa shape index (κ3) is 3.36. The third-order valence-corrected chi connectivity index (χ3v) is 7.56. The van der Waals surface area contributed by atoms with Gasteiger partial charge in [0.2, 0.25) is 5.91 Å². The van der Waals surface area contributed by atoms with Gasteiger partial charge in [-0.15, -0.1) is 0 Å². The van der Waals surface area contributed by atoms with Crippen molar-refractivity contribution in [3.8, 4) is 0 Å². The molecule has 1 aliphatic rings. The van der Waals surface area contributed by atoms with E-state index in [2.05, 4.69) is 41.4 Å². The van der Waals surface area contributed by atoms with Crippen LogP contribution in [0.5, 0.6) is 0 Å². The summed E-state index contributed by atoms with van der Waals surface area (Å²) in [7, 11) is 0. The van der Waals surface area contributed by atoms with Crippen molar-refractivity contribution >= 4 is 23.2 Å². The summed E-state index contributed by atoms with van der Waals surface area (Å²) in [6.45, 7) is 13.2. The number of amides is 1. The van der Waals surface area contributed by atoms with Crippen molar-refractivity contribution in [3.05, 3.63) is 47.0 Å². The molecule has 0 bridgehead atoms. The first kappa shape index (κ1) is 21.3. The van der Waals surface area contributed by atoms with Crippen LogP contribution in [-0.4, -0.2) is 31.9 Å². The lowest BCUT2D eigenvalue weighted by Gasteiger charge is -2.39. The van der Waals surface area contributed by atoms with E-state index in [9.17, 15) is 4.79 Å². The van der Waals surface area contributed by atoms with Crippen LogP contribution in [0.25, 0.3) is 11.0 Å². The number of hydrogen-bond acceptors (Lipinski definition) is 4. The van der Waals surface area contributed by atoms with E-state index in [-0.39, 0.29) is 17.2 Å². The van der Waals surface area contributed by atoms with Crippen molar-refractivity contribution in [1.82, 2.24) is 25.2 Å². The lowest BCUT2D eigenvalue weighted by molar-refractivity contribution is -0.135. The summed E-state index contributed by atoms with van der Waals surface area (Å²) in [5.74, 6) is 1.09. The Morgan fingerprint density at radius 3 is 2.74 bits per heavy atom. The summed E-state index contributed by atoms with van der Waals surface area (Å²) in [6.07, 6.45) is 3.40. The Bertz CT molecular complexity index is 1120. The topological polar surface area (TPSA) is 88.0 Å². The number of hydrogen-bond donors (Lipinski definition) is 2. The number of rotatable bonds is 5. The maximum atomic E-state index is 13.3. The lowest BCUT2D eigenvalue weighted by atomic mass is 9.65. The van der Waals surface area contributed by atoms with Crippen LogP contribution in [0, 0.1) is 24.7 Å². The van der Waals surface area contributed by atoms with Crippen LogP contribution < -0.4 is 5.43 Å². The van der Waals surface area contributed by atoms with Gasteiger partial charge in [0, 0.05) is 23.7 Å².